The SMILES string of the molecule is CCN(CC(C)C)C(CN)c1ccc(Cl)cc1C. The van der Waals surface area contributed by atoms with Crippen molar-refractivity contribution in [2.45, 2.75) is 33.7 Å². The van der Waals surface area contributed by atoms with Gasteiger partial charge in [0.2, 0.25) is 0 Å². The van der Waals surface area contributed by atoms with Crippen LogP contribution in [0, 0.1) is 12.8 Å². The second kappa shape index (κ2) is 7.13. The molecular weight excluding hydrogens is 244 g/mol. The van der Waals surface area contributed by atoms with Gasteiger partial charge in [-0.05, 0) is 42.6 Å². The van der Waals surface area contributed by atoms with E-state index in [9.17, 15) is 0 Å². The first-order chi connectivity index (χ1) is 8.49. The van der Waals surface area contributed by atoms with Crippen LogP contribution in [0.25, 0.3) is 0 Å². The molecule has 1 rings (SSSR count). The number of benzene rings is 1. The van der Waals surface area contributed by atoms with Gasteiger partial charge in [-0.1, -0.05) is 38.4 Å². The number of hydrogen-bond acceptors (Lipinski definition) is 2. The van der Waals surface area contributed by atoms with Crippen molar-refractivity contribution in [2.75, 3.05) is 19.6 Å². The molecule has 0 aliphatic carbocycles. The van der Waals surface area contributed by atoms with E-state index >= 15 is 0 Å². The number of hydrogen-bond donors (Lipinski definition) is 1. The van der Waals surface area contributed by atoms with Gasteiger partial charge in [0.1, 0.15) is 0 Å². The minimum atomic E-state index is 0.287. The maximum Gasteiger partial charge on any atom is 0.0473 e. The smallest absolute Gasteiger partial charge is 0.0473 e. The zero-order valence-electron chi connectivity index (χ0n) is 11.9. The lowest BCUT2D eigenvalue weighted by Gasteiger charge is -2.32. The van der Waals surface area contributed by atoms with Crippen LogP contribution in [0.15, 0.2) is 18.2 Å². The third-order valence-electron chi connectivity index (χ3n) is 3.26. The average Bonchev–Trinajstić information content (AvgIpc) is 2.30. The summed E-state index contributed by atoms with van der Waals surface area (Å²) in [5.41, 5.74) is 8.51. The van der Waals surface area contributed by atoms with Gasteiger partial charge in [0.15, 0.2) is 0 Å². The predicted molar refractivity (Wildman–Crippen MR) is 80.1 cm³/mol. The fourth-order valence-corrected chi connectivity index (χ4v) is 2.66. The van der Waals surface area contributed by atoms with Gasteiger partial charge in [-0.3, -0.25) is 4.90 Å². The Bertz CT molecular complexity index is 377. The molecule has 0 saturated heterocycles. The number of halogens is 1. The van der Waals surface area contributed by atoms with Crippen LogP contribution in [0.4, 0.5) is 0 Å². The van der Waals surface area contributed by atoms with Gasteiger partial charge >= 0.3 is 0 Å². The Labute approximate surface area is 116 Å². The fourth-order valence-electron chi connectivity index (χ4n) is 2.43. The van der Waals surface area contributed by atoms with Crippen molar-refractivity contribution in [2.24, 2.45) is 11.7 Å². The van der Waals surface area contributed by atoms with Crippen molar-refractivity contribution in [3.8, 4) is 0 Å². The molecule has 18 heavy (non-hydrogen) atoms. The van der Waals surface area contributed by atoms with Crippen LogP contribution in [0.5, 0.6) is 0 Å². The van der Waals surface area contributed by atoms with E-state index in [1.807, 2.05) is 12.1 Å². The zero-order valence-corrected chi connectivity index (χ0v) is 12.7. The summed E-state index contributed by atoms with van der Waals surface area (Å²) in [5.74, 6) is 0.645. The molecule has 1 atom stereocenters. The largest absolute Gasteiger partial charge is 0.329 e. The first-order valence-electron chi connectivity index (χ1n) is 6.69. The van der Waals surface area contributed by atoms with E-state index < -0.39 is 0 Å². The molecule has 2 nitrogen and oxygen atoms in total. The minimum absolute atomic E-state index is 0.287. The summed E-state index contributed by atoms with van der Waals surface area (Å²) in [7, 11) is 0. The summed E-state index contributed by atoms with van der Waals surface area (Å²) < 4.78 is 0. The van der Waals surface area contributed by atoms with Crippen LogP contribution in [-0.2, 0) is 0 Å². The van der Waals surface area contributed by atoms with E-state index in [-0.39, 0.29) is 6.04 Å². The third-order valence-corrected chi connectivity index (χ3v) is 3.50. The van der Waals surface area contributed by atoms with Gasteiger partial charge in [0.05, 0.1) is 0 Å². The van der Waals surface area contributed by atoms with Crippen molar-refractivity contribution in [1.29, 1.82) is 0 Å². The fraction of sp³-hybridized carbons (Fsp3) is 0.600. The molecule has 1 aromatic rings. The normalized spacial score (nSPS) is 13.3. The molecule has 0 bridgehead atoms. The maximum absolute atomic E-state index is 6.02. The highest BCUT2D eigenvalue weighted by atomic mass is 35.5. The van der Waals surface area contributed by atoms with Gasteiger partial charge < -0.3 is 5.73 Å². The maximum atomic E-state index is 6.02. The number of likely N-dealkylation sites (N-methyl/N-ethyl adjacent to an activating group) is 1. The van der Waals surface area contributed by atoms with Crippen LogP contribution in [0.3, 0.4) is 0 Å². The Morgan fingerprint density at radius 3 is 2.44 bits per heavy atom. The molecule has 3 heteroatoms. The molecule has 0 saturated carbocycles. The summed E-state index contributed by atoms with van der Waals surface area (Å²) in [6.45, 7) is 11.5. The van der Waals surface area contributed by atoms with Crippen LogP contribution in [-0.4, -0.2) is 24.5 Å². The third kappa shape index (κ3) is 3.98. The first kappa shape index (κ1) is 15.5. The minimum Gasteiger partial charge on any atom is -0.329 e. The van der Waals surface area contributed by atoms with Crippen molar-refractivity contribution >= 4 is 11.6 Å². The van der Waals surface area contributed by atoms with Crippen molar-refractivity contribution in [3.63, 3.8) is 0 Å². The van der Waals surface area contributed by atoms with E-state index in [0.29, 0.717) is 12.5 Å². The lowest BCUT2D eigenvalue weighted by molar-refractivity contribution is 0.189. The van der Waals surface area contributed by atoms with E-state index in [1.54, 1.807) is 0 Å². The zero-order chi connectivity index (χ0) is 13.7. The van der Waals surface area contributed by atoms with Crippen LogP contribution in [0.2, 0.25) is 5.02 Å². The molecule has 0 heterocycles. The second-order valence-corrected chi connectivity index (χ2v) is 5.67. The molecule has 0 spiro atoms. The summed E-state index contributed by atoms with van der Waals surface area (Å²) in [4.78, 5) is 2.45. The highest BCUT2D eigenvalue weighted by molar-refractivity contribution is 6.30. The van der Waals surface area contributed by atoms with Crippen molar-refractivity contribution < 1.29 is 0 Å². The number of nitrogens with two attached hydrogens (primary N) is 1. The van der Waals surface area contributed by atoms with E-state index in [4.69, 9.17) is 17.3 Å². The Morgan fingerprint density at radius 1 is 1.33 bits per heavy atom. The Morgan fingerprint density at radius 2 is 2.00 bits per heavy atom. The van der Waals surface area contributed by atoms with Crippen molar-refractivity contribution in [3.05, 3.63) is 34.3 Å². The average molecular weight is 269 g/mol. The number of rotatable bonds is 6. The molecule has 0 amide bonds. The van der Waals surface area contributed by atoms with Gasteiger partial charge in [0.25, 0.3) is 0 Å². The summed E-state index contributed by atoms with van der Waals surface area (Å²) in [6, 6.07) is 6.37. The standard InChI is InChI=1S/C15H25ClN2/c1-5-18(10-11(2)3)15(9-17)14-7-6-13(16)8-12(14)4/h6-8,11,15H,5,9-10,17H2,1-4H3. The van der Waals surface area contributed by atoms with E-state index in [2.05, 4.69) is 38.7 Å². The topological polar surface area (TPSA) is 29.3 Å². The number of nitrogens with zero attached hydrogens (tertiary/aromatic N) is 1. The van der Waals surface area contributed by atoms with Crippen LogP contribution >= 0.6 is 11.6 Å². The molecule has 0 radical (unpaired) electrons. The van der Waals surface area contributed by atoms with E-state index in [0.717, 1.165) is 18.1 Å². The lowest BCUT2D eigenvalue weighted by atomic mass is 9.99. The second-order valence-electron chi connectivity index (χ2n) is 5.23. The highest BCUT2D eigenvalue weighted by Crippen LogP contribution is 2.26. The predicted octanol–water partition coefficient (Wildman–Crippen LogP) is 3.63. The number of aryl methyl sites for hydroxylation is 1. The molecule has 0 aliphatic rings. The van der Waals surface area contributed by atoms with Gasteiger partial charge in [-0.2, -0.15) is 0 Å². The van der Waals surface area contributed by atoms with Crippen molar-refractivity contribution in [1.82, 2.24) is 4.90 Å². The Kier molecular flexibility index (Phi) is 6.13. The molecule has 1 unspecified atom stereocenters. The molecule has 0 fully saturated rings. The quantitative estimate of drug-likeness (QED) is 0.854. The summed E-state index contributed by atoms with van der Waals surface area (Å²) in [6.07, 6.45) is 0. The molecule has 0 aromatic heterocycles. The first-order valence-corrected chi connectivity index (χ1v) is 7.07. The van der Waals surface area contributed by atoms with Gasteiger partial charge in [0, 0.05) is 24.2 Å². The van der Waals surface area contributed by atoms with Gasteiger partial charge in [-0.15, -0.1) is 0 Å². The molecule has 1 aromatic carbocycles. The lowest BCUT2D eigenvalue weighted by Crippen LogP contribution is -2.36. The molecule has 102 valence electrons. The van der Waals surface area contributed by atoms with Crippen LogP contribution in [0.1, 0.15) is 37.9 Å². The van der Waals surface area contributed by atoms with Crippen LogP contribution < -0.4 is 5.73 Å². The van der Waals surface area contributed by atoms with E-state index in [1.165, 1.54) is 11.1 Å². The molecular formula is C15H25ClN2. The Balaban J connectivity index is 2.99. The molecule has 0 aliphatic heterocycles. The summed E-state index contributed by atoms with van der Waals surface area (Å²) >= 11 is 6.02. The Hall–Kier alpha value is -0.570. The highest BCUT2D eigenvalue weighted by Gasteiger charge is 2.20. The van der Waals surface area contributed by atoms with Gasteiger partial charge in [-0.25, -0.2) is 0 Å². The molecule has 2 N–H and O–H groups in total. The monoisotopic (exact) mass is 268 g/mol. The summed E-state index contributed by atoms with van der Waals surface area (Å²) in [5, 5.41) is 0.791.